The third-order valence-electron chi connectivity index (χ3n) is 7.40. The van der Waals surface area contributed by atoms with Gasteiger partial charge in [-0.2, -0.15) is 7.05 Å². The Morgan fingerprint density at radius 3 is 2.44 bits per heavy atom. The molecule has 1 saturated heterocycles. The highest BCUT2D eigenvalue weighted by molar-refractivity contribution is 6.21. The van der Waals surface area contributed by atoms with Gasteiger partial charge in [0, 0.05) is 5.60 Å². The van der Waals surface area contributed by atoms with Crippen LogP contribution in [0.3, 0.4) is 0 Å². The van der Waals surface area contributed by atoms with Gasteiger partial charge >= 0.3 is 0 Å². The van der Waals surface area contributed by atoms with Crippen LogP contribution < -0.4 is 0 Å². The third kappa shape index (κ3) is 3.31. The van der Waals surface area contributed by atoms with Crippen LogP contribution in [0.15, 0.2) is 12.2 Å². The van der Waals surface area contributed by atoms with Crippen molar-refractivity contribution in [2.24, 2.45) is 17.8 Å². The van der Waals surface area contributed by atoms with Crippen LogP contribution in [0, 0.1) is 17.8 Å². The van der Waals surface area contributed by atoms with E-state index in [1.54, 1.807) is 0 Å². The Morgan fingerprint density at radius 1 is 1.16 bits per heavy atom. The zero-order chi connectivity index (χ0) is 18.6. The quantitative estimate of drug-likeness (QED) is 0.547. The number of ether oxygens (including phenoxy) is 1. The molecule has 3 fully saturated rings. The molecule has 0 radical (unpaired) electrons. The summed E-state index contributed by atoms with van der Waals surface area (Å²) in [5.74, 6) is 1.14. The second-order valence-corrected chi connectivity index (χ2v) is 10.1. The summed E-state index contributed by atoms with van der Waals surface area (Å²) in [4.78, 5) is 0. The summed E-state index contributed by atoms with van der Waals surface area (Å²) in [6.45, 7) is 12.8. The lowest BCUT2D eigenvalue weighted by molar-refractivity contribution is -0.210. The van der Waals surface area contributed by atoms with E-state index in [1.165, 1.54) is 5.57 Å². The third-order valence-corrected chi connectivity index (χ3v) is 8.14. The molecule has 144 valence electrons. The molecule has 0 spiro atoms. The standard InChI is InChI=1S/C21H35ClNO2/c1-13-7-8-15(21(5)12-10-16(22)19(2,3)25-21)17-14(13)9-11-20(4,24)18(17)23-6/h14-18,24H,1,7-12H2,2-6H3/q-1. The van der Waals surface area contributed by atoms with Gasteiger partial charge in [-0.15, -0.1) is 17.6 Å². The molecule has 0 aromatic heterocycles. The van der Waals surface area contributed by atoms with E-state index in [0.717, 1.165) is 38.5 Å². The summed E-state index contributed by atoms with van der Waals surface area (Å²) >= 11 is 6.54. The number of nitrogens with zero attached hydrogens (tertiary/aromatic N) is 1. The molecule has 0 amide bonds. The zero-order valence-corrected chi connectivity index (χ0v) is 17.3. The van der Waals surface area contributed by atoms with Crippen LogP contribution in [0.2, 0.25) is 0 Å². The Hall–Kier alpha value is -0.0900. The van der Waals surface area contributed by atoms with Crippen molar-refractivity contribution in [2.75, 3.05) is 7.05 Å². The molecule has 3 aliphatic rings. The van der Waals surface area contributed by atoms with Gasteiger partial charge in [0.2, 0.25) is 0 Å². The number of rotatable bonds is 2. The van der Waals surface area contributed by atoms with Crippen LogP contribution in [0.4, 0.5) is 0 Å². The smallest absolute Gasteiger partial charge is 0.0796 e. The predicted molar refractivity (Wildman–Crippen MR) is 104 cm³/mol. The highest BCUT2D eigenvalue weighted by Crippen LogP contribution is 2.56. The normalized spacial score (nSPS) is 50.4. The lowest BCUT2D eigenvalue weighted by atomic mass is 9.54. The highest BCUT2D eigenvalue weighted by Gasteiger charge is 2.55. The minimum Gasteiger partial charge on any atom is -0.660 e. The van der Waals surface area contributed by atoms with Gasteiger partial charge in [0.15, 0.2) is 0 Å². The molecule has 4 heteroatoms. The SMILES string of the molecule is C=C1CCC(C2(C)CCC(Cl)C(C)(C)O2)C2C1CCC(C)(O)C2[N-]C. The van der Waals surface area contributed by atoms with Gasteiger partial charge in [0.1, 0.15) is 0 Å². The summed E-state index contributed by atoms with van der Waals surface area (Å²) in [7, 11) is 1.86. The van der Waals surface area contributed by atoms with E-state index in [1.807, 2.05) is 14.0 Å². The fraction of sp³-hybridized carbons (Fsp3) is 0.905. The Morgan fingerprint density at radius 2 is 1.84 bits per heavy atom. The Balaban J connectivity index is 1.95. The lowest BCUT2D eigenvalue weighted by Gasteiger charge is -2.62. The number of halogens is 1. The minimum atomic E-state index is -0.735. The number of hydrogen-bond acceptors (Lipinski definition) is 2. The van der Waals surface area contributed by atoms with E-state index < -0.39 is 5.60 Å². The van der Waals surface area contributed by atoms with Crippen molar-refractivity contribution in [1.29, 1.82) is 0 Å². The minimum absolute atomic E-state index is 0.0504. The van der Waals surface area contributed by atoms with Crippen molar-refractivity contribution in [2.45, 2.75) is 94.4 Å². The fourth-order valence-corrected chi connectivity index (χ4v) is 6.17. The van der Waals surface area contributed by atoms with Crippen molar-refractivity contribution in [3.8, 4) is 0 Å². The van der Waals surface area contributed by atoms with E-state index in [-0.39, 0.29) is 22.6 Å². The molecule has 2 saturated carbocycles. The van der Waals surface area contributed by atoms with E-state index in [4.69, 9.17) is 16.3 Å². The van der Waals surface area contributed by atoms with Crippen molar-refractivity contribution in [3.05, 3.63) is 17.5 Å². The monoisotopic (exact) mass is 368 g/mol. The first-order chi connectivity index (χ1) is 11.5. The lowest BCUT2D eigenvalue weighted by Crippen LogP contribution is -2.61. The van der Waals surface area contributed by atoms with Crippen molar-refractivity contribution >= 4 is 11.6 Å². The Bertz CT molecular complexity index is 532. The average molecular weight is 369 g/mol. The number of fused-ring (bicyclic) bond motifs is 1. The molecule has 3 nitrogen and oxygen atoms in total. The molecule has 0 aromatic carbocycles. The maximum absolute atomic E-state index is 11.0. The van der Waals surface area contributed by atoms with Gasteiger partial charge in [0.05, 0.1) is 16.6 Å². The van der Waals surface area contributed by atoms with Gasteiger partial charge in [0.25, 0.3) is 0 Å². The van der Waals surface area contributed by atoms with Crippen molar-refractivity contribution in [1.82, 2.24) is 0 Å². The zero-order valence-electron chi connectivity index (χ0n) is 16.5. The molecule has 0 aromatic rings. The summed E-state index contributed by atoms with van der Waals surface area (Å²) < 4.78 is 6.67. The van der Waals surface area contributed by atoms with Crippen LogP contribution in [0.5, 0.6) is 0 Å². The largest absolute Gasteiger partial charge is 0.660 e. The topological polar surface area (TPSA) is 43.6 Å². The average Bonchev–Trinajstić information content (AvgIpc) is 2.50. The second-order valence-electron chi connectivity index (χ2n) is 9.61. The molecule has 1 N–H and O–H groups in total. The van der Waals surface area contributed by atoms with Gasteiger partial charge in [-0.05, 0) is 84.0 Å². The van der Waals surface area contributed by atoms with Crippen molar-refractivity contribution in [3.63, 3.8) is 0 Å². The van der Waals surface area contributed by atoms with E-state index in [2.05, 4.69) is 32.7 Å². The summed E-state index contributed by atoms with van der Waals surface area (Å²) in [6, 6.07) is -0.0504. The van der Waals surface area contributed by atoms with E-state index in [9.17, 15) is 5.11 Å². The molecule has 7 atom stereocenters. The van der Waals surface area contributed by atoms with Gasteiger partial charge < -0.3 is 15.2 Å². The first-order valence-corrected chi connectivity index (χ1v) is 10.3. The maximum Gasteiger partial charge on any atom is 0.0796 e. The van der Waals surface area contributed by atoms with Crippen LogP contribution >= 0.6 is 11.6 Å². The Labute approximate surface area is 158 Å². The fourth-order valence-electron chi connectivity index (χ4n) is 6.02. The van der Waals surface area contributed by atoms with E-state index in [0.29, 0.717) is 17.8 Å². The molecule has 0 bridgehead atoms. The summed E-state index contributed by atoms with van der Waals surface area (Å²) in [6.07, 6.45) is 5.90. The van der Waals surface area contributed by atoms with Crippen LogP contribution in [-0.4, -0.2) is 40.4 Å². The first-order valence-electron chi connectivity index (χ1n) is 9.85. The van der Waals surface area contributed by atoms with Crippen LogP contribution in [0.1, 0.15) is 66.2 Å². The number of aliphatic hydroxyl groups is 1. The summed E-state index contributed by atoms with van der Waals surface area (Å²) in [5.41, 5.74) is 0.0735. The van der Waals surface area contributed by atoms with Gasteiger partial charge in [-0.3, -0.25) is 0 Å². The predicted octanol–water partition coefficient (Wildman–Crippen LogP) is 5.06. The number of alkyl halides is 1. The summed E-state index contributed by atoms with van der Waals surface area (Å²) in [5, 5.41) is 15.7. The molecular formula is C21H35ClNO2-. The van der Waals surface area contributed by atoms with Crippen LogP contribution in [0.25, 0.3) is 5.32 Å². The first kappa shape index (κ1) is 19.7. The van der Waals surface area contributed by atoms with Crippen molar-refractivity contribution < 1.29 is 9.84 Å². The van der Waals surface area contributed by atoms with Gasteiger partial charge in [-0.25, -0.2) is 0 Å². The second kappa shape index (κ2) is 6.51. The number of allylic oxidation sites excluding steroid dienone is 1. The Kier molecular flexibility index (Phi) is 5.12. The van der Waals surface area contributed by atoms with E-state index >= 15 is 0 Å². The molecule has 1 aliphatic heterocycles. The molecule has 1 heterocycles. The molecule has 25 heavy (non-hydrogen) atoms. The molecular weight excluding hydrogens is 334 g/mol. The van der Waals surface area contributed by atoms with Crippen LogP contribution in [-0.2, 0) is 4.74 Å². The number of hydrogen-bond donors (Lipinski definition) is 1. The molecule has 7 unspecified atom stereocenters. The van der Waals surface area contributed by atoms with Gasteiger partial charge in [-0.1, -0.05) is 12.2 Å². The maximum atomic E-state index is 11.0. The molecule has 2 aliphatic carbocycles. The highest BCUT2D eigenvalue weighted by atomic mass is 35.5. The number of likely N-dealkylation sites (N-methyl/N-ethyl adjacent to an activating group) is 1. The molecule has 3 rings (SSSR count).